The lowest BCUT2D eigenvalue weighted by molar-refractivity contribution is 0.102. The number of amides is 1. The van der Waals surface area contributed by atoms with Crippen LogP contribution < -0.4 is 5.32 Å². The van der Waals surface area contributed by atoms with E-state index in [1.807, 2.05) is 12.1 Å². The maximum Gasteiger partial charge on any atom is 0.257 e. The normalized spacial score (nSPS) is 10.3. The van der Waals surface area contributed by atoms with Crippen LogP contribution in [0.5, 0.6) is 0 Å². The van der Waals surface area contributed by atoms with Crippen LogP contribution in [0.3, 0.4) is 0 Å². The molecule has 0 radical (unpaired) electrons. The summed E-state index contributed by atoms with van der Waals surface area (Å²) in [7, 11) is 0. The summed E-state index contributed by atoms with van der Waals surface area (Å²) in [5, 5.41) is 19.8. The zero-order chi connectivity index (χ0) is 18.5. The van der Waals surface area contributed by atoms with Crippen LogP contribution in [-0.4, -0.2) is 16.1 Å². The van der Waals surface area contributed by atoms with E-state index in [0.29, 0.717) is 26.4 Å². The molecule has 0 spiro atoms. The number of thioether (sulfide) groups is 1. The summed E-state index contributed by atoms with van der Waals surface area (Å²) in [6.45, 7) is 1.64. The Kier molecular flexibility index (Phi) is 5.61. The number of hydrogen-bond acceptors (Lipinski definition) is 6. The van der Waals surface area contributed by atoms with Gasteiger partial charge in [-0.2, -0.15) is 5.26 Å². The van der Waals surface area contributed by atoms with Gasteiger partial charge in [0.05, 0.1) is 11.6 Å². The van der Waals surface area contributed by atoms with Gasteiger partial charge in [0.1, 0.15) is 5.82 Å². The van der Waals surface area contributed by atoms with Gasteiger partial charge in [-0.05, 0) is 42.3 Å². The Morgan fingerprint density at radius 2 is 2.04 bits per heavy atom. The Morgan fingerprint density at radius 3 is 2.73 bits per heavy atom. The van der Waals surface area contributed by atoms with Gasteiger partial charge in [-0.1, -0.05) is 41.3 Å². The molecule has 1 heterocycles. The molecule has 1 N–H and O–H groups in total. The van der Waals surface area contributed by atoms with E-state index in [-0.39, 0.29) is 5.56 Å². The summed E-state index contributed by atoms with van der Waals surface area (Å²) in [6.07, 6.45) is 0. The first-order chi connectivity index (χ1) is 12.5. The molecule has 2 aromatic carbocycles. The van der Waals surface area contributed by atoms with E-state index in [2.05, 4.69) is 21.6 Å². The van der Waals surface area contributed by atoms with E-state index in [1.165, 1.54) is 29.2 Å². The molecule has 0 aliphatic carbocycles. The molecule has 26 heavy (non-hydrogen) atoms. The van der Waals surface area contributed by atoms with Crippen LogP contribution in [0.4, 0.5) is 9.52 Å². The Labute approximate surface area is 157 Å². The standard InChI is InChI=1S/C18H13FN4OS2/c1-11-2-7-14(8-15(11)19)16(24)21-17-22-23-18(26-17)25-10-13-5-3-12(9-20)4-6-13/h2-8H,10H2,1H3,(H,21,22,24). The molecule has 130 valence electrons. The quantitative estimate of drug-likeness (QED) is 0.521. The number of aromatic nitrogens is 2. The zero-order valence-electron chi connectivity index (χ0n) is 13.7. The lowest BCUT2D eigenvalue weighted by Crippen LogP contribution is -2.12. The van der Waals surface area contributed by atoms with E-state index in [0.717, 1.165) is 5.56 Å². The Morgan fingerprint density at radius 1 is 1.27 bits per heavy atom. The van der Waals surface area contributed by atoms with Crippen LogP contribution >= 0.6 is 23.1 Å². The number of aryl methyl sites for hydroxylation is 1. The van der Waals surface area contributed by atoms with Gasteiger partial charge in [-0.25, -0.2) is 4.39 Å². The number of halogens is 1. The third kappa shape index (κ3) is 4.45. The van der Waals surface area contributed by atoms with Crippen LogP contribution in [-0.2, 0) is 5.75 Å². The van der Waals surface area contributed by atoms with Crippen LogP contribution in [0, 0.1) is 24.1 Å². The average Bonchev–Trinajstić information content (AvgIpc) is 3.10. The number of nitrogens with one attached hydrogen (secondary N) is 1. The van der Waals surface area contributed by atoms with Gasteiger partial charge in [0.2, 0.25) is 5.13 Å². The van der Waals surface area contributed by atoms with Gasteiger partial charge in [-0.3, -0.25) is 10.1 Å². The first kappa shape index (κ1) is 18.0. The molecule has 3 aromatic rings. The molecule has 0 atom stereocenters. The topological polar surface area (TPSA) is 78.7 Å². The highest BCUT2D eigenvalue weighted by molar-refractivity contribution is 8.00. The van der Waals surface area contributed by atoms with E-state index in [9.17, 15) is 9.18 Å². The summed E-state index contributed by atoms with van der Waals surface area (Å²) < 4.78 is 14.3. The molecular weight excluding hydrogens is 371 g/mol. The SMILES string of the molecule is Cc1ccc(C(=O)Nc2nnc(SCc3ccc(C#N)cc3)s2)cc1F. The number of carbonyl (C=O) groups excluding carboxylic acids is 1. The summed E-state index contributed by atoms with van der Waals surface area (Å²) in [4.78, 5) is 12.2. The number of nitrogens with zero attached hydrogens (tertiary/aromatic N) is 3. The molecule has 0 unspecified atom stereocenters. The van der Waals surface area contributed by atoms with Crippen molar-refractivity contribution in [2.24, 2.45) is 0 Å². The van der Waals surface area contributed by atoms with Crippen molar-refractivity contribution in [2.75, 3.05) is 5.32 Å². The predicted molar refractivity (Wildman–Crippen MR) is 99.7 cm³/mol. The van der Waals surface area contributed by atoms with Gasteiger partial charge in [0.15, 0.2) is 4.34 Å². The van der Waals surface area contributed by atoms with Crippen molar-refractivity contribution in [1.82, 2.24) is 10.2 Å². The number of rotatable bonds is 5. The van der Waals surface area contributed by atoms with Gasteiger partial charge in [-0.15, -0.1) is 10.2 Å². The van der Waals surface area contributed by atoms with Crippen LogP contribution in [0.15, 0.2) is 46.8 Å². The van der Waals surface area contributed by atoms with Gasteiger partial charge in [0, 0.05) is 11.3 Å². The molecule has 3 rings (SSSR count). The minimum absolute atomic E-state index is 0.232. The number of nitriles is 1. The highest BCUT2D eigenvalue weighted by atomic mass is 32.2. The molecule has 8 heteroatoms. The minimum atomic E-state index is -0.427. The monoisotopic (exact) mass is 384 g/mol. The van der Waals surface area contributed by atoms with Crippen molar-refractivity contribution < 1.29 is 9.18 Å². The van der Waals surface area contributed by atoms with E-state index in [1.54, 1.807) is 31.2 Å². The van der Waals surface area contributed by atoms with Crippen LogP contribution in [0.25, 0.3) is 0 Å². The minimum Gasteiger partial charge on any atom is -0.296 e. The first-order valence-electron chi connectivity index (χ1n) is 7.58. The third-order valence-electron chi connectivity index (χ3n) is 3.51. The second-order valence-corrected chi connectivity index (χ2v) is 7.59. The van der Waals surface area contributed by atoms with Crippen molar-refractivity contribution in [3.8, 4) is 6.07 Å². The lowest BCUT2D eigenvalue weighted by atomic mass is 10.1. The zero-order valence-corrected chi connectivity index (χ0v) is 15.3. The van der Waals surface area contributed by atoms with Gasteiger partial charge < -0.3 is 0 Å². The molecule has 0 aliphatic heterocycles. The molecule has 1 amide bonds. The Hall–Kier alpha value is -2.76. The number of hydrogen-bond donors (Lipinski definition) is 1. The number of anilines is 1. The fraction of sp³-hybridized carbons (Fsp3) is 0.111. The summed E-state index contributed by atoms with van der Waals surface area (Å²) in [5.41, 5.74) is 2.39. The first-order valence-corrected chi connectivity index (χ1v) is 9.38. The van der Waals surface area contributed by atoms with Crippen molar-refractivity contribution >= 4 is 34.1 Å². The maximum atomic E-state index is 13.6. The van der Waals surface area contributed by atoms with Crippen molar-refractivity contribution in [1.29, 1.82) is 5.26 Å². The van der Waals surface area contributed by atoms with Crippen molar-refractivity contribution in [2.45, 2.75) is 17.0 Å². The number of benzene rings is 2. The average molecular weight is 384 g/mol. The molecule has 0 bridgehead atoms. The maximum absolute atomic E-state index is 13.6. The fourth-order valence-electron chi connectivity index (χ4n) is 2.04. The third-order valence-corrected chi connectivity index (χ3v) is 5.55. The highest BCUT2D eigenvalue weighted by Gasteiger charge is 2.12. The molecule has 0 saturated carbocycles. The smallest absolute Gasteiger partial charge is 0.257 e. The fourth-order valence-corrected chi connectivity index (χ4v) is 3.75. The number of carbonyl (C=O) groups is 1. The molecule has 0 fully saturated rings. The largest absolute Gasteiger partial charge is 0.296 e. The Balaban J connectivity index is 1.59. The summed E-state index contributed by atoms with van der Waals surface area (Å²) in [6, 6.07) is 13.7. The molecule has 1 aromatic heterocycles. The predicted octanol–water partition coefficient (Wildman–Crippen LogP) is 4.40. The Bertz CT molecular complexity index is 980. The van der Waals surface area contributed by atoms with Crippen molar-refractivity contribution in [3.05, 3.63) is 70.5 Å². The van der Waals surface area contributed by atoms with Gasteiger partial charge >= 0.3 is 0 Å². The molecule has 5 nitrogen and oxygen atoms in total. The van der Waals surface area contributed by atoms with Crippen LogP contribution in [0.1, 0.15) is 27.0 Å². The summed E-state index contributed by atoms with van der Waals surface area (Å²) >= 11 is 2.74. The summed E-state index contributed by atoms with van der Waals surface area (Å²) in [5.74, 6) is -0.172. The molecular formula is C18H13FN4OS2. The van der Waals surface area contributed by atoms with E-state index >= 15 is 0 Å². The molecule has 0 aliphatic rings. The highest BCUT2D eigenvalue weighted by Crippen LogP contribution is 2.28. The molecule has 0 saturated heterocycles. The second kappa shape index (κ2) is 8.08. The van der Waals surface area contributed by atoms with Gasteiger partial charge in [0.25, 0.3) is 5.91 Å². The van der Waals surface area contributed by atoms with Crippen LogP contribution in [0.2, 0.25) is 0 Å². The second-order valence-electron chi connectivity index (χ2n) is 5.39. The lowest BCUT2D eigenvalue weighted by Gasteiger charge is -2.02. The van der Waals surface area contributed by atoms with Crippen molar-refractivity contribution in [3.63, 3.8) is 0 Å². The van der Waals surface area contributed by atoms with E-state index < -0.39 is 11.7 Å². The van der Waals surface area contributed by atoms with E-state index in [4.69, 9.17) is 5.26 Å².